The van der Waals surface area contributed by atoms with Gasteiger partial charge >= 0.3 is 0 Å². The third kappa shape index (κ3) is 5.44. The van der Waals surface area contributed by atoms with E-state index in [1.54, 1.807) is 20.0 Å². The molecular formula is C12H17BrN2O4. The van der Waals surface area contributed by atoms with Gasteiger partial charge in [-0.2, -0.15) is 0 Å². The molecule has 0 aliphatic carbocycles. The Morgan fingerprint density at radius 2 is 2.21 bits per heavy atom. The maximum Gasteiger partial charge on any atom is 0.287 e. The van der Waals surface area contributed by atoms with Crippen molar-refractivity contribution in [2.75, 3.05) is 20.1 Å². The fourth-order valence-corrected chi connectivity index (χ4v) is 1.63. The summed E-state index contributed by atoms with van der Waals surface area (Å²) in [4.78, 5) is 24.8. The second-order valence-electron chi connectivity index (χ2n) is 4.24. The highest BCUT2D eigenvalue weighted by atomic mass is 79.9. The summed E-state index contributed by atoms with van der Waals surface area (Å²) in [6, 6.07) is 3.12. The topological polar surface area (TPSA) is 82.8 Å². The number of aliphatic hydroxyl groups is 1. The summed E-state index contributed by atoms with van der Waals surface area (Å²) in [6.07, 6.45) is 0.0479. The fourth-order valence-electron chi connectivity index (χ4n) is 1.32. The van der Waals surface area contributed by atoms with Gasteiger partial charge in [-0.1, -0.05) is 0 Å². The third-order valence-electron chi connectivity index (χ3n) is 2.51. The van der Waals surface area contributed by atoms with Gasteiger partial charge in [-0.05, 0) is 41.4 Å². The zero-order valence-corrected chi connectivity index (χ0v) is 12.4. The Labute approximate surface area is 119 Å². The first-order chi connectivity index (χ1) is 8.90. The molecule has 1 aromatic heterocycles. The molecular weight excluding hydrogens is 316 g/mol. The second-order valence-corrected chi connectivity index (χ2v) is 5.02. The summed E-state index contributed by atoms with van der Waals surface area (Å²) in [5.74, 6) is -0.520. The molecule has 1 unspecified atom stereocenters. The van der Waals surface area contributed by atoms with Crippen LogP contribution in [0.1, 0.15) is 23.9 Å². The number of furan rings is 1. The summed E-state index contributed by atoms with van der Waals surface area (Å²) >= 11 is 3.09. The molecule has 1 aromatic rings. The predicted octanol–water partition coefficient (Wildman–Crippen LogP) is 1.00. The van der Waals surface area contributed by atoms with Crippen LogP contribution in [0.4, 0.5) is 0 Å². The molecule has 0 spiro atoms. The summed E-state index contributed by atoms with van der Waals surface area (Å²) in [7, 11) is 1.63. The number of hydrogen-bond acceptors (Lipinski definition) is 4. The third-order valence-corrected chi connectivity index (χ3v) is 2.93. The lowest BCUT2D eigenvalue weighted by Gasteiger charge is -2.18. The highest BCUT2D eigenvalue weighted by molar-refractivity contribution is 9.10. The van der Waals surface area contributed by atoms with Crippen LogP contribution in [-0.2, 0) is 4.79 Å². The van der Waals surface area contributed by atoms with Crippen LogP contribution in [0.5, 0.6) is 0 Å². The summed E-state index contributed by atoms with van der Waals surface area (Å²) < 4.78 is 5.52. The quantitative estimate of drug-likeness (QED) is 0.814. The Morgan fingerprint density at radius 3 is 2.74 bits per heavy atom. The largest absolute Gasteiger partial charge is 0.444 e. The van der Waals surface area contributed by atoms with E-state index in [1.807, 2.05) is 0 Å². The van der Waals surface area contributed by atoms with Crippen LogP contribution >= 0.6 is 15.9 Å². The lowest BCUT2D eigenvalue weighted by Crippen LogP contribution is -2.39. The number of rotatable bonds is 6. The van der Waals surface area contributed by atoms with E-state index in [4.69, 9.17) is 9.52 Å². The summed E-state index contributed by atoms with van der Waals surface area (Å²) in [6.45, 7) is 2.00. The number of nitrogens with zero attached hydrogens (tertiary/aromatic N) is 1. The lowest BCUT2D eigenvalue weighted by atomic mass is 10.3. The smallest absolute Gasteiger partial charge is 0.287 e. The maximum absolute atomic E-state index is 11.7. The minimum absolute atomic E-state index is 0.104. The molecule has 2 N–H and O–H groups in total. The molecule has 0 radical (unpaired) electrons. The lowest BCUT2D eigenvalue weighted by molar-refractivity contribution is -0.129. The van der Waals surface area contributed by atoms with Crippen molar-refractivity contribution < 1.29 is 19.1 Å². The van der Waals surface area contributed by atoms with Gasteiger partial charge in [-0.25, -0.2) is 0 Å². The number of aliphatic hydroxyl groups excluding tert-OH is 1. The molecule has 106 valence electrons. The monoisotopic (exact) mass is 332 g/mol. The average Bonchev–Trinajstić information content (AvgIpc) is 2.79. The first-order valence-corrected chi connectivity index (χ1v) is 6.65. The SMILES string of the molecule is CC(O)CCN(C)C(=O)CNC(=O)c1ccc(Br)o1. The highest BCUT2D eigenvalue weighted by Gasteiger charge is 2.14. The molecule has 1 rings (SSSR count). The van der Waals surface area contributed by atoms with E-state index in [-0.39, 0.29) is 18.2 Å². The molecule has 0 aromatic carbocycles. The Balaban J connectivity index is 2.35. The van der Waals surface area contributed by atoms with E-state index in [0.29, 0.717) is 17.6 Å². The van der Waals surface area contributed by atoms with Crippen molar-refractivity contribution in [3.63, 3.8) is 0 Å². The van der Waals surface area contributed by atoms with E-state index in [1.165, 1.54) is 11.0 Å². The van der Waals surface area contributed by atoms with E-state index in [9.17, 15) is 9.59 Å². The number of carbonyl (C=O) groups excluding carboxylic acids is 2. The Bertz CT molecular complexity index is 445. The number of hydrogen-bond donors (Lipinski definition) is 2. The van der Waals surface area contributed by atoms with Crippen LogP contribution in [-0.4, -0.2) is 48.1 Å². The highest BCUT2D eigenvalue weighted by Crippen LogP contribution is 2.13. The van der Waals surface area contributed by atoms with Crippen molar-refractivity contribution in [3.05, 3.63) is 22.6 Å². The minimum atomic E-state index is -0.453. The van der Waals surface area contributed by atoms with Gasteiger partial charge in [0.1, 0.15) is 0 Å². The normalized spacial score (nSPS) is 12.0. The maximum atomic E-state index is 11.7. The van der Waals surface area contributed by atoms with Gasteiger partial charge in [0, 0.05) is 13.6 Å². The van der Waals surface area contributed by atoms with Crippen LogP contribution in [0.2, 0.25) is 0 Å². The van der Waals surface area contributed by atoms with Gasteiger partial charge < -0.3 is 19.7 Å². The Hall–Kier alpha value is -1.34. The molecule has 1 heterocycles. The van der Waals surface area contributed by atoms with E-state index >= 15 is 0 Å². The molecule has 0 saturated carbocycles. The van der Waals surface area contributed by atoms with Gasteiger partial charge in [0.05, 0.1) is 12.6 Å². The number of carbonyl (C=O) groups is 2. The molecule has 0 saturated heterocycles. The second kappa shape index (κ2) is 7.30. The van der Waals surface area contributed by atoms with Crippen molar-refractivity contribution in [2.45, 2.75) is 19.4 Å². The van der Waals surface area contributed by atoms with Gasteiger partial charge in [-0.15, -0.1) is 0 Å². The fraction of sp³-hybridized carbons (Fsp3) is 0.500. The molecule has 0 fully saturated rings. The first-order valence-electron chi connectivity index (χ1n) is 5.85. The standard InChI is InChI=1S/C12H17BrN2O4/c1-8(16)5-6-15(2)11(17)7-14-12(18)9-3-4-10(13)19-9/h3-4,8,16H,5-7H2,1-2H3,(H,14,18). The van der Waals surface area contributed by atoms with Crippen molar-refractivity contribution in [1.29, 1.82) is 0 Å². The first kappa shape index (κ1) is 15.7. The number of amides is 2. The van der Waals surface area contributed by atoms with Crippen molar-refractivity contribution in [3.8, 4) is 0 Å². The molecule has 6 nitrogen and oxygen atoms in total. The zero-order valence-electron chi connectivity index (χ0n) is 10.9. The van der Waals surface area contributed by atoms with E-state index in [0.717, 1.165) is 0 Å². The minimum Gasteiger partial charge on any atom is -0.444 e. The summed E-state index contributed by atoms with van der Waals surface area (Å²) in [5, 5.41) is 11.6. The summed E-state index contributed by atoms with van der Waals surface area (Å²) in [5.41, 5.74) is 0. The average molecular weight is 333 g/mol. The van der Waals surface area contributed by atoms with Crippen molar-refractivity contribution in [2.24, 2.45) is 0 Å². The molecule has 0 aliphatic heterocycles. The molecule has 0 aliphatic rings. The van der Waals surface area contributed by atoms with Crippen molar-refractivity contribution in [1.82, 2.24) is 10.2 Å². The molecule has 2 amide bonds. The molecule has 19 heavy (non-hydrogen) atoms. The van der Waals surface area contributed by atoms with E-state index in [2.05, 4.69) is 21.2 Å². The molecule has 0 bridgehead atoms. The van der Waals surface area contributed by atoms with Crippen molar-refractivity contribution >= 4 is 27.7 Å². The van der Waals surface area contributed by atoms with Gasteiger partial charge in [0.25, 0.3) is 5.91 Å². The molecule has 1 atom stereocenters. The van der Waals surface area contributed by atoms with Crippen LogP contribution < -0.4 is 5.32 Å². The predicted molar refractivity (Wildman–Crippen MR) is 72.7 cm³/mol. The van der Waals surface area contributed by atoms with E-state index < -0.39 is 12.0 Å². The number of halogens is 1. The Kier molecular flexibility index (Phi) is 6.04. The van der Waals surface area contributed by atoms with Gasteiger partial charge in [0.2, 0.25) is 5.91 Å². The van der Waals surface area contributed by atoms with Crippen LogP contribution in [0, 0.1) is 0 Å². The zero-order chi connectivity index (χ0) is 14.4. The van der Waals surface area contributed by atoms with Crippen LogP contribution in [0.25, 0.3) is 0 Å². The van der Waals surface area contributed by atoms with Crippen LogP contribution in [0.15, 0.2) is 21.2 Å². The number of nitrogens with one attached hydrogen (secondary N) is 1. The van der Waals surface area contributed by atoms with Crippen LogP contribution in [0.3, 0.4) is 0 Å². The van der Waals surface area contributed by atoms with Gasteiger partial charge in [0.15, 0.2) is 10.4 Å². The Morgan fingerprint density at radius 1 is 1.53 bits per heavy atom. The molecule has 7 heteroatoms. The van der Waals surface area contributed by atoms with Gasteiger partial charge in [-0.3, -0.25) is 9.59 Å². The number of likely N-dealkylation sites (N-methyl/N-ethyl adjacent to an activating group) is 1.